The fourth-order valence-corrected chi connectivity index (χ4v) is 4.44. The number of nitrogens with zero attached hydrogens (tertiary/aromatic N) is 1. The van der Waals surface area contributed by atoms with E-state index in [1.165, 1.54) is 38.8 Å². The van der Waals surface area contributed by atoms with E-state index in [1.807, 2.05) is 0 Å². The number of benzene rings is 2. The molecule has 1 aliphatic heterocycles. The smallest absolute Gasteiger partial charge is 0.0124 e. The Morgan fingerprint density at radius 3 is 1.82 bits per heavy atom. The minimum atomic E-state index is 0.601. The van der Waals surface area contributed by atoms with Gasteiger partial charge in [-0.3, -0.25) is 0 Å². The maximum absolute atomic E-state index is 2.48. The number of fused-ring (bicyclic) bond motifs is 2. The molecule has 2 aliphatic rings. The lowest BCUT2D eigenvalue weighted by molar-refractivity contribution is 0.207. The average molecular weight is 291 g/mol. The molecule has 114 valence electrons. The highest BCUT2D eigenvalue weighted by atomic mass is 15.1. The topological polar surface area (TPSA) is 3.24 Å². The molecule has 0 spiro atoms. The number of likely N-dealkylation sites (tertiary alicyclic amines) is 1. The van der Waals surface area contributed by atoms with Crippen molar-refractivity contribution >= 4 is 0 Å². The van der Waals surface area contributed by atoms with Crippen molar-refractivity contribution in [1.82, 2.24) is 4.90 Å². The zero-order valence-electron chi connectivity index (χ0n) is 13.5. The van der Waals surface area contributed by atoms with E-state index in [0.717, 1.165) is 5.92 Å². The van der Waals surface area contributed by atoms with Crippen LogP contribution in [-0.4, -0.2) is 25.0 Å². The Hall–Kier alpha value is -1.60. The van der Waals surface area contributed by atoms with Gasteiger partial charge in [0, 0.05) is 5.92 Å². The summed E-state index contributed by atoms with van der Waals surface area (Å²) in [6.07, 6.45) is 5.03. The van der Waals surface area contributed by atoms with Crippen molar-refractivity contribution in [3.05, 3.63) is 70.8 Å². The van der Waals surface area contributed by atoms with Gasteiger partial charge >= 0.3 is 0 Å². The molecule has 4 rings (SSSR count). The minimum absolute atomic E-state index is 0.601. The van der Waals surface area contributed by atoms with Gasteiger partial charge in [-0.05, 0) is 74.0 Å². The van der Waals surface area contributed by atoms with E-state index in [-0.39, 0.29) is 0 Å². The summed E-state index contributed by atoms with van der Waals surface area (Å²) < 4.78 is 0. The Bertz CT molecular complexity index is 605. The summed E-state index contributed by atoms with van der Waals surface area (Å²) in [7, 11) is 2.26. The number of hydrogen-bond donors (Lipinski definition) is 0. The molecule has 1 saturated heterocycles. The molecule has 1 nitrogen and oxygen atoms in total. The monoisotopic (exact) mass is 291 g/mol. The first-order valence-corrected chi connectivity index (χ1v) is 8.67. The Kier molecular flexibility index (Phi) is 3.75. The van der Waals surface area contributed by atoms with E-state index in [1.54, 1.807) is 22.3 Å². The molecule has 0 radical (unpaired) electrons. The number of rotatable bonds is 1. The van der Waals surface area contributed by atoms with Crippen LogP contribution in [0.15, 0.2) is 48.5 Å². The molecule has 0 N–H and O–H groups in total. The third-order valence-corrected chi connectivity index (χ3v) is 5.68. The van der Waals surface area contributed by atoms with E-state index >= 15 is 0 Å². The Morgan fingerprint density at radius 2 is 1.27 bits per heavy atom. The number of piperidine rings is 1. The maximum Gasteiger partial charge on any atom is 0.0124 e. The lowest BCUT2D eigenvalue weighted by Crippen LogP contribution is -2.33. The molecule has 0 atom stereocenters. The summed E-state index contributed by atoms with van der Waals surface area (Å²) in [5, 5.41) is 0. The van der Waals surface area contributed by atoms with Gasteiger partial charge in [0.25, 0.3) is 0 Å². The van der Waals surface area contributed by atoms with Gasteiger partial charge in [-0.1, -0.05) is 48.5 Å². The second-order valence-corrected chi connectivity index (χ2v) is 7.02. The van der Waals surface area contributed by atoms with Crippen LogP contribution < -0.4 is 0 Å². The van der Waals surface area contributed by atoms with E-state index in [4.69, 9.17) is 0 Å². The zero-order chi connectivity index (χ0) is 14.9. The normalized spacial score (nSPS) is 20.2. The van der Waals surface area contributed by atoms with Gasteiger partial charge in [0.2, 0.25) is 0 Å². The molecule has 1 fully saturated rings. The zero-order valence-corrected chi connectivity index (χ0v) is 13.5. The number of aryl methyl sites for hydroxylation is 2. The van der Waals surface area contributed by atoms with Crippen LogP contribution in [0.5, 0.6) is 0 Å². The molecular formula is C21H25N. The molecule has 1 aliphatic carbocycles. The molecular weight excluding hydrogens is 266 g/mol. The second kappa shape index (κ2) is 5.89. The quantitative estimate of drug-likeness (QED) is 0.759. The Balaban J connectivity index is 1.80. The molecule has 1 heteroatoms. The summed E-state index contributed by atoms with van der Waals surface area (Å²) >= 11 is 0. The third kappa shape index (κ3) is 2.48. The van der Waals surface area contributed by atoms with E-state index in [0.29, 0.717) is 5.92 Å². The highest BCUT2D eigenvalue weighted by molar-refractivity contribution is 5.45. The molecule has 0 unspecified atom stereocenters. The minimum Gasteiger partial charge on any atom is -0.306 e. The van der Waals surface area contributed by atoms with Gasteiger partial charge in [-0.25, -0.2) is 0 Å². The molecule has 0 amide bonds. The lowest BCUT2D eigenvalue weighted by Gasteiger charge is -2.35. The van der Waals surface area contributed by atoms with Crippen molar-refractivity contribution in [3.8, 4) is 0 Å². The van der Waals surface area contributed by atoms with Crippen LogP contribution in [0.2, 0.25) is 0 Å². The average Bonchev–Trinajstić information content (AvgIpc) is 2.73. The van der Waals surface area contributed by atoms with Crippen molar-refractivity contribution in [1.29, 1.82) is 0 Å². The van der Waals surface area contributed by atoms with E-state index in [2.05, 4.69) is 60.5 Å². The van der Waals surface area contributed by atoms with Crippen molar-refractivity contribution in [3.63, 3.8) is 0 Å². The molecule has 0 aromatic heterocycles. The van der Waals surface area contributed by atoms with Crippen molar-refractivity contribution in [2.45, 2.75) is 31.6 Å². The van der Waals surface area contributed by atoms with Crippen molar-refractivity contribution < 1.29 is 0 Å². The van der Waals surface area contributed by atoms with Crippen LogP contribution in [-0.2, 0) is 12.8 Å². The van der Waals surface area contributed by atoms with Gasteiger partial charge in [-0.15, -0.1) is 0 Å². The van der Waals surface area contributed by atoms with Crippen LogP contribution in [0.3, 0.4) is 0 Å². The fraction of sp³-hybridized carbons (Fsp3) is 0.429. The van der Waals surface area contributed by atoms with Gasteiger partial charge in [0.1, 0.15) is 0 Å². The summed E-state index contributed by atoms with van der Waals surface area (Å²) in [6, 6.07) is 18.4. The van der Waals surface area contributed by atoms with Crippen LogP contribution in [0, 0.1) is 5.92 Å². The first-order valence-electron chi connectivity index (χ1n) is 8.67. The van der Waals surface area contributed by atoms with Crippen LogP contribution in [0.25, 0.3) is 0 Å². The maximum atomic E-state index is 2.48. The summed E-state index contributed by atoms with van der Waals surface area (Å²) in [5.74, 6) is 1.39. The first kappa shape index (κ1) is 14.0. The molecule has 2 aromatic rings. The van der Waals surface area contributed by atoms with Gasteiger partial charge < -0.3 is 4.90 Å². The SMILES string of the molecule is CN1CCC(C2c3ccccc3CCc3ccccc32)CC1. The standard InChI is InChI=1S/C21H25N/c1-22-14-12-18(13-15-22)21-19-8-4-2-6-16(19)10-11-17-7-3-5-9-20(17)21/h2-9,18,21H,10-15H2,1H3. The highest BCUT2D eigenvalue weighted by Crippen LogP contribution is 2.42. The van der Waals surface area contributed by atoms with E-state index < -0.39 is 0 Å². The molecule has 22 heavy (non-hydrogen) atoms. The van der Waals surface area contributed by atoms with Crippen molar-refractivity contribution in [2.24, 2.45) is 5.92 Å². The third-order valence-electron chi connectivity index (χ3n) is 5.68. The molecule has 0 bridgehead atoms. The molecule has 2 aromatic carbocycles. The largest absolute Gasteiger partial charge is 0.306 e. The summed E-state index contributed by atoms with van der Waals surface area (Å²) in [4.78, 5) is 2.48. The van der Waals surface area contributed by atoms with Crippen LogP contribution >= 0.6 is 0 Å². The molecule has 0 saturated carbocycles. The molecule has 1 heterocycles. The first-order chi connectivity index (χ1) is 10.8. The second-order valence-electron chi connectivity index (χ2n) is 7.02. The summed E-state index contributed by atoms with van der Waals surface area (Å²) in [5.41, 5.74) is 6.34. The van der Waals surface area contributed by atoms with E-state index in [9.17, 15) is 0 Å². The highest BCUT2D eigenvalue weighted by Gasteiger charge is 2.31. The lowest BCUT2D eigenvalue weighted by atomic mass is 9.75. The van der Waals surface area contributed by atoms with Crippen LogP contribution in [0.1, 0.15) is 41.0 Å². The van der Waals surface area contributed by atoms with Gasteiger partial charge in [-0.2, -0.15) is 0 Å². The van der Waals surface area contributed by atoms with Crippen molar-refractivity contribution in [2.75, 3.05) is 20.1 Å². The fourth-order valence-electron chi connectivity index (χ4n) is 4.44. The summed E-state index contributed by atoms with van der Waals surface area (Å²) in [6.45, 7) is 2.48. The number of hydrogen-bond acceptors (Lipinski definition) is 1. The predicted molar refractivity (Wildman–Crippen MR) is 92.4 cm³/mol. The van der Waals surface area contributed by atoms with Gasteiger partial charge in [0.15, 0.2) is 0 Å². The predicted octanol–water partition coefficient (Wildman–Crippen LogP) is 4.26. The Labute approximate surface area is 134 Å². The van der Waals surface area contributed by atoms with Crippen LogP contribution in [0.4, 0.5) is 0 Å². The Morgan fingerprint density at radius 1 is 0.773 bits per heavy atom. The van der Waals surface area contributed by atoms with Gasteiger partial charge in [0.05, 0.1) is 0 Å².